The summed E-state index contributed by atoms with van der Waals surface area (Å²) in [5.74, 6) is 0.783. The van der Waals surface area contributed by atoms with Crippen LogP contribution in [0, 0.1) is 11.3 Å². The van der Waals surface area contributed by atoms with E-state index in [1.54, 1.807) is 0 Å². The van der Waals surface area contributed by atoms with Gasteiger partial charge in [-0.15, -0.1) is 0 Å². The number of furan rings is 1. The van der Waals surface area contributed by atoms with E-state index in [9.17, 15) is 0 Å². The Kier molecular flexibility index (Phi) is 2.90. The van der Waals surface area contributed by atoms with Crippen LogP contribution in [0.1, 0.15) is 32.3 Å². The van der Waals surface area contributed by atoms with Crippen LogP contribution in [-0.2, 0) is 6.54 Å². The van der Waals surface area contributed by atoms with Gasteiger partial charge in [-0.05, 0) is 30.2 Å². The molecule has 0 unspecified atom stereocenters. The monoisotopic (exact) mass is 243 g/mol. The van der Waals surface area contributed by atoms with Gasteiger partial charge in [-0.2, -0.15) is 0 Å². The molecule has 0 saturated heterocycles. The van der Waals surface area contributed by atoms with Crippen molar-refractivity contribution in [2.75, 3.05) is 6.54 Å². The van der Waals surface area contributed by atoms with E-state index in [-0.39, 0.29) is 0 Å². The molecule has 1 aromatic carbocycles. The average molecular weight is 243 g/mol. The second-order valence-electron chi connectivity index (χ2n) is 5.88. The van der Waals surface area contributed by atoms with Crippen LogP contribution in [-0.4, -0.2) is 6.54 Å². The molecule has 0 spiro atoms. The van der Waals surface area contributed by atoms with Crippen LogP contribution in [0.25, 0.3) is 11.0 Å². The van der Waals surface area contributed by atoms with Gasteiger partial charge < -0.3 is 9.73 Å². The lowest BCUT2D eigenvalue weighted by molar-refractivity contribution is 0.338. The molecule has 1 aliphatic rings. The maximum Gasteiger partial charge on any atom is 0.134 e. The average Bonchev–Trinajstić information content (AvgIpc) is 3.06. The van der Waals surface area contributed by atoms with E-state index in [2.05, 4.69) is 31.3 Å². The van der Waals surface area contributed by atoms with Gasteiger partial charge in [0.05, 0.1) is 6.26 Å². The third-order valence-electron chi connectivity index (χ3n) is 4.47. The maximum absolute atomic E-state index is 5.55. The lowest BCUT2D eigenvalue weighted by Crippen LogP contribution is -2.27. The maximum atomic E-state index is 5.55. The van der Waals surface area contributed by atoms with E-state index in [1.165, 1.54) is 23.8 Å². The Bertz CT molecular complexity index is 537. The molecule has 0 atom stereocenters. The highest BCUT2D eigenvalue weighted by atomic mass is 16.3. The summed E-state index contributed by atoms with van der Waals surface area (Å²) in [6, 6.07) is 8.24. The Morgan fingerprint density at radius 2 is 2.06 bits per heavy atom. The molecule has 1 aromatic heterocycles. The molecule has 1 N–H and O–H groups in total. The lowest BCUT2D eigenvalue weighted by Gasteiger charge is -2.19. The molecule has 1 aliphatic carbocycles. The fourth-order valence-corrected chi connectivity index (χ4v) is 2.73. The highest BCUT2D eigenvalue weighted by Gasteiger charge is 2.44. The summed E-state index contributed by atoms with van der Waals surface area (Å²) >= 11 is 0. The van der Waals surface area contributed by atoms with Gasteiger partial charge in [-0.3, -0.25) is 0 Å². The standard InChI is InChI=1S/C16H21NO/c1-12(2)16(7-8-16)11-17-9-13-10-18-15-6-4-3-5-14(13)15/h3-6,10,12,17H,7-9,11H2,1-2H3. The number of benzene rings is 1. The van der Waals surface area contributed by atoms with Crippen LogP contribution in [0.15, 0.2) is 34.9 Å². The minimum Gasteiger partial charge on any atom is -0.464 e. The van der Waals surface area contributed by atoms with Crippen molar-refractivity contribution in [1.29, 1.82) is 0 Å². The molecule has 0 aliphatic heterocycles. The first kappa shape index (κ1) is 11.8. The van der Waals surface area contributed by atoms with E-state index in [0.717, 1.165) is 24.6 Å². The Morgan fingerprint density at radius 1 is 1.28 bits per heavy atom. The smallest absolute Gasteiger partial charge is 0.134 e. The molecule has 0 bridgehead atoms. The molecule has 3 rings (SSSR count). The number of hydrogen-bond acceptors (Lipinski definition) is 2. The number of para-hydroxylation sites is 1. The van der Waals surface area contributed by atoms with Crippen molar-refractivity contribution in [3.05, 3.63) is 36.1 Å². The summed E-state index contributed by atoms with van der Waals surface area (Å²) in [6.07, 6.45) is 4.64. The normalized spacial score (nSPS) is 17.5. The molecular formula is C16H21NO. The van der Waals surface area contributed by atoms with Crippen LogP contribution < -0.4 is 5.32 Å². The SMILES string of the molecule is CC(C)C1(CNCc2coc3ccccc23)CC1. The molecule has 2 aromatic rings. The van der Waals surface area contributed by atoms with E-state index >= 15 is 0 Å². The van der Waals surface area contributed by atoms with Crippen molar-refractivity contribution < 1.29 is 4.42 Å². The van der Waals surface area contributed by atoms with Gasteiger partial charge in [-0.25, -0.2) is 0 Å². The molecular weight excluding hydrogens is 222 g/mol. The van der Waals surface area contributed by atoms with Crippen LogP contribution in [0.5, 0.6) is 0 Å². The van der Waals surface area contributed by atoms with E-state index in [1.807, 2.05) is 18.4 Å². The summed E-state index contributed by atoms with van der Waals surface area (Å²) in [6.45, 7) is 6.71. The minimum absolute atomic E-state index is 0.569. The predicted octanol–water partition coefficient (Wildman–Crippen LogP) is 3.96. The second-order valence-corrected chi connectivity index (χ2v) is 5.88. The van der Waals surface area contributed by atoms with Gasteiger partial charge in [0.15, 0.2) is 0 Å². The third kappa shape index (κ3) is 2.05. The number of fused-ring (bicyclic) bond motifs is 1. The molecule has 1 fully saturated rings. The number of nitrogens with one attached hydrogen (secondary N) is 1. The zero-order chi connectivity index (χ0) is 12.6. The summed E-state index contributed by atoms with van der Waals surface area (Å²) in [4.78, 5) is 0. The molecule has 18 heavy (non-hydrogen) atoms. The van der Waals surface area contributed by atoms with Crippen LogP contribution >= 0.6 is 0 Å². The number of rotatable bonds is 5. The van der Waals surface area contributed by atoms with Crippen molar-refractivity contribution in [1.82, 2.24) is 5.32 Å². The van der Waals surface area contributed by atoms with Gasteiger partial charge in [0, 0.05) is 24.0 Å². The van der Waals surface area contributed by atoms with Crippen LogP contribution in [0.3, 0.4) is 0 Å². The van der Waals surface area contributed by atoms with Crippen molar-refractivity contribution in [2.24, 2.45) is 11.3 Å². The summed E-state index contributed by atoms with van der Waals surface area (Å²) in [7, 11) is 0. The Labute approximate surface area is 108 Å². The van der Waals surface area contributed by atoms with E-state index in [0.29, 0.717) is 5.41 Å². The molecule has 96 valence electrons. The van der Waals surface area contributed by atoms with Gasteiger partial charge in [0.25, 0.3) is 0 Å². The second kappa shape index (κ2) is 4.43. The molecule has 0 radical (unpaired) electrons. The predicted molar refractivity (Wildman–Crippen MR) is 74.4 cm³/mol. The van der Waals surface area contributed by atoms with Gasteiger partial charge >= 0.3 is 0 Å². The fourth-order valence-electron chi connectivity index (χ4n) is 2.73. The fraction of sp³-hybridized carbons (Fsp3) is 0.500. The molecule has 1 saturated carbocycles. The van der Waals surface area contributed by atoms with Crippen molar-refractivity contribution in [2.45, 2.75) is 33.2 Å². The van der Waals surface area contributed by atoms with Crippen LogP contribution in [0.2, 0.25) is 0 Å². The van der Waals surface area contributed by atoms with Gasteiger partial charge in [0.1, 0.15) is 5.58 Å². The minimum atomic E-state index is 0.569. The largest absolute Gasteiger partial charge is 0.464 e. The van der Waals surface area contributed by atoms with Gasteiger partial charge in [-0.1, -0.05) is 32.0 Å². The molecule has 2 heteroatoms. The first-order valence-corrected chi connectivity index (χ1v) is 6.87. The number of hydrogen-bond donors (Lipinski definition) is 1. The molecule has 1 heterocycles. The van der Waals surface area contributed by atoms with Gasteiger partial charge in [0.2, 0.25) is 0 Å². The highest BCUT2D eigenvalue weighted by molar-refractivity contribution is 5.80. The Morgan fingerprint density at radius 3 is 2.78 bits per heavy atom. The first-order valence-electron chi connectivity index (χ1n) is 6.87. The zero-order valence-corrected chi connectivity index (χ0v) is 11.2. The highest BCUT2D eigenvalue weighted by Crippen LogP contribution is 2.51. The third-order valence-corrected chi connectivity index (χ3v) is 4.47. The summed E-state index contributed by atoms with van der Waals surface area (Å²) in [5.41, 5.74) is 2.82. The van der Waals surface area contributed by atoms with Crippen molar-refractivity contribution in [3.63, 3.8) is 0 Å². The summed E-state index contributed by atoms with van der Waals surface area (Å²) in [5, 5.41) is 4.84. The van der Waals surface area contributed by atoms with E-state index in [4.69, 9.17) is 4.42 Å². The van der Waals surface area contributed by atoms with Crippen molar-refractivity contribution >= 4 is 11.0 Å². The quantitative estimate of drug-likeness (QED) is 0.860. The molecule has 0 amide bonds. The first-order chi connectivity index (χ1) is 8.71. The molecule has 2 nitrogen and oxygen atoms in total. The Hall–Kier alpha value is -1.28. The zero-order valence-electron chi connectivity index (χ0n) is 11.2. The topological polar surface area (TPSA) is 25.2 Å². The Balaban J connectivity index is 1.64. The summed E-state index contributed by atoms with van der Waals surface area (Å²) < 4.78 is 5.55. The van der Waals surface area contributed by atoms with Crippen LogP contribution in [0.4, 0.5) is 0 Å². The van der Waals surface area contributed by atoms with E-state index < -0.39 is 0 Å². The van der Waals surface area contributed by atoms with Crippen molar-refractivity contribution in [3.8, 4) is 0 Å². The lowest BCUT2D eigenvalue weighted by atomic mass is 9.92.